The molecule has 2 nitrogen and oxygen atoms in total. The Labute approximate surface area is 88.4 Å². The summed E-state index contributed by atoms with van der Waals surface area (Å²) in [4.78, 5) is 0. The van der Waals surface area contributed by atoms with Gasteiger partial charge in [0, 0.05) is 12.6 Å². The molecule has 0 spiro atoms. The van der Waals surface area contributed by atoms with E-state index in [4.69, 9.17) is 4.74 Å². The van der Waals surface area contributed by atoms with E-state index in [9.17, 15) is 0 Å². The SMILES string of the molecule is CCCCCOC1CC(NCCC)C1. The average molecular weight is 199 g/mol. The van der Waals surface area contributed by atoms with Crippen LogP contribution < -0.4 is 5.32 Å². The van der Waals surface area contributed by atoms with Crippen LogP contribution in [0.15, 0.2) is 0 Å². The zero-order valence-corrected chi connectivity index (χ0v) is 9.72. The molecule has 0 aromatic carbocycles. The van der Waals surface area contributed by atoms with Crippen molar-refractivity contribution in [1.82, 2.24) is 5.32 Å². The molecule has 1 aliphatic rings. The maximum atomic E-state index is 5.75. The summed E-state index contributed by atoms with van der Waals surface area (Å²) in [5, 5.41) is 3.52. The molecular formula is C12H25NO. The fraction of sp³-hybridized carbons (Fsp3) is 1.00. The quantitative estimate of drug-likeness (QED) is 0.607. The molecular weight excluding hydrogens is 174 g/mol. The van der Waals surface area contributed by atoms with Gasteiger partial charge in [-0.25, -0.2) is 0 Å². The fourth-order valence-electron chi connectivity index (χ4n) is 1.82. The molecule has 0 unspecified atom stereocenters. The van der Waals surface area contributed by atoms with Gasteiger partial charge in [-0.1, -0.05) is 26.7 Å². The zero-order chi connectivity index (χ0) is 10.2. The van der Waals surface area contributed by atoms with E-state index in [1.165, 1.54) is 38.5 Å². The van der Waals surface area contributed by atoms with E-state index in [-0.39, 0.29) is 0 Å². The third-order valence-corrected chi connectivity index (χ3v) is 2.88. The molecule has 84 valence electrons. The van der Waals surface area contributed by atoms with Crippen LogP contribution in [0.2, 0.25) is 0 Å². The molecule has 1 saturated carbocycles. The summed E-state index contributed by atoms with van der Waals surface area (Å²) in [6, 6.07) is 0.742. The van der Waals surface area contributed by atoms with Gasteiger partial charge in [0.05, 0.1) is 6.10 Å². The van der Waals surface area contributed by atoms with E-state index < -0.39 is 0 Å². The van der Waals surface area contributed by atoms with E-state index in [2.05, 4.69) is 19.2 Å². The summed E-state index contributed by atoms with van der Waals surface area (Å²) < 4.78 is 5.75. The summed E-state index contributed by atoms with van der Waals surface area (Å²) >= 11 is 0. The predicted molar refractivity (Wildman–Crippen MR) is 60.6 cm³/mol. The third-order valence-electron chi connectivity index (χ3n) is 2.88. The lowest BCUT2D eigenvalue weighted by atomic mass is 9.89. The van der Waals surface area contributed by atoms with Gasteiger partial charge in [0.25, 0.3) is 0 Å². The van der Waals surface area contributed by atoms with E-state index in [1.807, 2.05) is 0 Å². The van der Waals surface area contributed by atoms with Crippen molar-refractivity contribution in [2.24, 2.45) is 0 Å². The number of unbranched alkanes of at least 4 members (excludes halogenated alkanes) is 2. The van der Waals surface area contributed by atoms with E-state index >= 15 is 0 Å². The van der Waals surface area contributed by atoms with Crippen molar-refractivity contribution in [2.75, 3.05) is 13.2 Å². The van der Waals surface area contributed by atoms with Gasteiger partial charge >= 0.3 is 0 Å². The second-order valence-electron chi connectivity index (χ2n) is 4.32. The van der Waals surface area contributed by atoms with Crippen LogP contribution in [0, 0.1) is 0 Å². The molecule has 0 aromatic heterocycles. The Morgan fingerprint density at radius 2 is 1.93 bits per heavy atom. The minimum absolute atomic E-state index is 0.557. The summed E-state index contributed by atoms with van der Waals surface area (Å²) in [7, 11) is 0. The van der Waals surface area contributed by atoms with Crippen LogP contribution in [0.3, 0.4) is 0 Å². The maximum absolute atomic E-state index is 5.75. The number of hydrogen-bond acceptors (Lipinski definition) is 2. The molecule has 2 heteroatoms. The topological polar surface area (TPSA) is 21.3 Å². The molecule has 0 aliphatic heterocycles. The zero-order valence-electron chi connectivity index (χ0n) is 9.72. The molecule has 1 rings (SSSR count). The van der Waals surface area contributed by atoms with Gasteiger partial charge in [-0.05, 0) is 32.2 Å². The first-order chi connectivity index (χ1) is 6.86. The monoisotopic (exact) mass is 199 g/mol. The highest BCUT2D eigenvalue weighted by molar-refractivity contribution is 4.85. The lowest BCUT2D eigenvalue weighted by molar-refractivity contribution is -0.0176. The largest absolute Gasteiger partial charge is 0.378 e. The normalized spacial score (nSPS) is 26.1. The Kier molecular flexibility index (Phi) is 6.20. The summed E-state index contributed by atoms with van der Waals surface area (Å²) in [6.07, 6.45) is 8.08. The molecule has 0 aromatic rings. The highest BCUT2D eigenvalue weighted by Crippen LogP contribution is 2.23. The van der Waals surface area contributed by atoms with Gasteiger partial charge in [0.2, 0.25) is 0 Å². The Hall–Kier alpha value is -0.0800. The lowest BCUT2D eigenvalue weighted by Crippen LogP contribution is -2.45. The van der Waals surface area contributed by atoms with Crippen LogP contribution in [0.1, 0.15) is 52.4 Å². The Morgan fingerprint density at radius 1 is 1.14 bits per heavy atom. The van der Waals surface area contributed by atoms with E-state index in [0.29, 0.717) is 6.10 Å². The third kappa shape index (κ3) is 4.43. The lowest BCUT2D eigenvalue weighted by Gasteiger charge is -2.35. The second kappa shape index (κ2) is 7.24. The molecule has 0 saturated heterocycles. The first kappa shape index (κ1) is 12.0. The van der Waals surface area contributed by atoms with Crippen molar-refractivity contribution in [3.8, 4) is 0 Å². The van der Waals surface area contributed by atoms with Crippen molar-refractivity contribution in [3.63, 3.8) is 0 Å². The average Bonchev–Trinajstić information content (AvgIpc) is 2.14. The van der Waals surface area contributed by atoms with Crippen LogP contribution in [-0.4, -0.2) is 25.3 Å². The van der Waals surface area contributed by atoms with E-state index in [1.54, 1.807) is 0 Å². The minimum atomic E-state index is 0.557. The van der Waals surface area contributed by atoms with Crippen molar-refractivity contribution in [3.05, 3.63) is 0 Å². The van der Waals surface area contributed by atoms with Gasteiger partial charge in [0.1, 0.15) is 0 Å². The van der Waals surface area contributed by atoms with Gasteiger partial charge < -0.3 is 10.1 Å². The van der Waals surface area contributed by atoms with Gasteiger partial charge in [-0.2, -0.15) is 0 Å². The number of rotatable bonds is 8. The smallest absolute Gasteiger partial charge is 0.0604 e. The summed E-state index contributed by atoms with van der Waals surface area (Å²) in [5.74, 6) is 0. The molecule has 0 amide bonds. The van der Waals surface area contributed by atoms with Crippen molar-refractivity contribution < 1.29 is 4.74 Å². The maximum Gasteiger partial charge on any atom is 0.0604 e. The van der Waals surface area contributed by atoms with E-state index in [0.717, 1.165) is 19.2 Å². The highest BCUT2D eigenvalue weighted by Gasteiger charge is 2.28. The predicted octanol–water partition coefficient (Wildman–Crippen LogP) is 2.72. The number of ether oxygens (including phenoxy) is 1. The molecule has 1 aliphatic carbocycles. The van der Waals surface area contributed by atoms with Gasteiger partial charge in [-0.3, -0.25) is 0 Å². The molecule has 14 heavy (non-hydrogen) atoms. The Balaban J connectivity index is 1.84. The molecule has 0 heterocycles. The number of hydrogen-bond donors (Lipinski definition) is 1. The minimum Gasteiger partial charge on any atom is -0.378 e. The standard InChI is InChI=1S/C12H25NO/c1-3-5-6-8-14-12-9-11(10-12)13-7-4-2/h11-13H,3-10H2,1-2H3. The van der Waals surface area contributed by atoms with Gasteiger partial charge in [0.15, 0.2) is 0 Å². The second-order valence-corrected chi connectivity index (χ2v) is 4.32. The van der Waals surface area contributed by atoms with Crippen LogP contribution >= 0.6 is 0 Å². The first-order valence-electron chi connectivity index (χ1n) is 6.21. The van der Waals surface area contributed by atoms with Crippen LogP contribution in [-0.2, 0) is 4.74 Å². The molecule has 1 N–H and O–H groups in total. The Morgan fingerprint density at radius 3 is 2.57 bits per heavy atom. The Bertz CT molecular complexity index is 130. The van der Waals surface area contributed by atoms with Gasteiger partial charge in [-0.15, -0.1) is 0 Å². The molecule has 1 fully saturated rings. The highest BCUT2D eigenvalue weighted by atomic mass is 16.5. The molecule has 0 bridgehead atoms. The number of nitrogens with one attached hydrogen (secondary N) is 1. The molecule has 0 atom stereocenters. The van der Waals surface area contributed by atoms with Crippen LogP contribution in [0.25, 0.3) is 0 Å². The summed E-state index contributed by atoms with van der Waals surface area (Å²) in [5.41, 5.74) is 0. The van der Waals surface area contributed by atoms with Crippen LogP contribution in [0.4, 0.5) is 0 Å². The fourth-order valence-corrected chi connectivity index (χ4v) is 1.82. The molecule has 0 radical (unpaired) electrons. The van der Waals surface area contributed by atoms with Crippen LogP contribution in [0.5, 0.6) is 0 Å². The van der Waals surface area contributed by atoms with Crippen molar-refractivity contribution >= 4 is 0 Å². The summed E-state index contributed by atoms with van der Waals surface area (Å²) in [6.45, 7) is 6.57. The van der Waals surface area contributed by atoms with Crippen molar-refractivity contribution in [2.45, 2.75) is 64.5 Å². The first-order valence-corrected chi connectivity index (χ1v) is 6.21. The van der Waals surface area contributed by atoms with Crippen molar-refractivity contribution in [1.29, 1.82) is 0 Å².